The number of unbranched alkanes of at least 4 members (excludes halogenated alkanes) is 5. The lowest BCUT2D eigenvalue weighted by atomic mass is 9.99. The Labute approximate surface area is 344 Å². The number of carbonyl (C=O) groups excluding carboxylic acids is 3. The first-order chi connectivity index (χ1) is 27.6. The third-order valence-electron chi connectivity index (χ3n) is 10.4. The van der Waals surface area contributed by atoms with Crippen molar-refractivity contribution < 1.29 is 24.2 Å². The normalized spacial score (nSPS) is 18.2. The molecule has 5 rings (SSSR count). The number of aryl methyl sites for hydroxylation is 1. The molecule has 308 valence electrons. The number of nitrogens with two attached hydrogens (primary N) is 1. The third-order valence-corrected chi connectivity index (χ3v) is 11.9. The smallest absolute Gasteiger partial charge is 0.239 e. The maximum atomic E-state index is 13.2. The second kappa shape index (κ2) is 22.1. The number of nitrogens with one attached hydrogen (secondary N) is 5. The molecule has 2 aliphatic rings. The number of amides is 2. The molecule has 15 heteroatoms. The molecular weight excluding hydrogens is 764 g/mol. The molecular formula is C42H57ClN8O5S. The first kappa shape index (κ1) is 43.9. The van der Waals surface area contributed by atoms with Crippen LogP contribution in [0.3, 0.4) is 0 Å². The number of hydrogen-bond acceptors (Lipinski definition) is 11. The number of carbonyl (C=O) groups is 3. The number of aldehydes is 1. The standard InChI is InChI=1S/C42H57ClN8O5S/c1-27-28(2)57-42-39(27)40(30-15-17-32(43)18-16-30)50-36(41(45)51(42)29(3)44)22-37(53)46-19-8-6-4-5-7-9-20-47-38(54)24-49-35-14-10-12-31(25-52)34(35)23-48-33-13-11-21-55-56-26-33/h10,12,14-18,25,33,36,41,44,48-49H,4-9,11,13,19-24,26,45H2,1-3H3,(H,46,53)(H,47,54)/t33?,36-,41?/m0/s1. The van der Waals surface area contributed by atoms with Crippen LogP contribution < -0.4 is 31.9 Å². The summed E-state index contributed by atoms with van der Waals surface area (Å²) in [5.74, 6) is 0.0793. The molecule has 1 aromatic heterocycles. The fraction of sp³-hybridized carbons (Fsp3) is 0.500. The molecule has 1 saturated heterocycles. The number of nitrogens with zero attached hydrogens (tertiary/aromatic N) is 2. The van der Waals surface area contributed by atoms with Crippen molar-refractivity contribution in [1.29, 1.82) is 5.41 Å². The summed E-state index contributed by atoms with van der Waals surface area (Å²) in [6, 6.07) is 12.5. The molecule has 0 spiro atoms. The predicted octanol–water partition coefficient (Wildman–Crippen LogP) is 6.41. The van der Waals surface area contributed by atoms with E-state index in [1.165, 1.54) is 0 Å². The number of aliphatic imine (C=N–C) groups is 1. The summed E-state index contributed by atoms with van der Waals surface area (Å²) in [6.07, 6.45) is 7.85. The topological polar surface area (TPSA) is 183 Å². The molecule has 7 N–H and O–H groups in total. The number of fused-ring (bicyclic) bond motifs is 1. The van der Waals surface area contributed by atoms with Crippen LogP contribution in [-0.2, 0) is 25.9 Å². The van der Waals surface area contributed by atoms with Gasteiger partial charge < -0.3 is 31.9 Å². The van der Waals surface area contributed by atoms with Crippen molar-refractivity contribution in [3.05, 3.63) is 80.2 Å². The zero-order chi connectivity index (χ0) is 40.7. The van der Waals surface area contributed by atoms with Gasteiger partial charge in [-0.05, 0) is 75.8 Å². The molecule has 2 aliphatic heterocycles. The number of rotatable bonds is 19. The molecule has 57 heavy (non-hydrogen) atoms. The van der Waals surface area contributed by atoms with Crippen molar-refractivity contribution in [3.63, 3.8) is 0 Å². The summed E-state index contributed by atoms with van der Waals surface area (Å²) in [6.45, 7) is 8.58. The van der Waals surface area contributed by atoms with Gasteiger partial charge in [0.2, 0.25) is 11.8 Å². The molecule has 13 nitrogen and oxygen atoms in total. The second-order valence-electron chi connectivity index (χ2n) is 14.7. The molecule has 1 fully saturated rings. The monoisotopic (exact) mass is 820 g/mol. The maximum Gasteiger partial charge on any atom is 0.239 e. The van der Waals surface area contributed by atoms with Gasteiger partial charge >= 0.3 is 0 Å². The van der Waals surface area contributed by atoms with E-state index in [1.54, 1.807) is 30.4 Å². The molecule has 3 atom stereocenters. The molecule has 0 aliphatic carbocycles. The van der Waals surface area contributed by atoms with Gasteiger partial charge in [-0.2, -0.15) is 0 Å². The van der Waals surface area contributed by atoms with Gasteiger partial charge in [-0.25, -0.2) is 9.78 Å². The summed E-state index contributed by atoms with van der Waals surface area (Å²) in [5.41, 5.74) is 12.6. The van der Waals surface area contributed by atoms with Gasteiger partial charge in [0.05, 0.1) is 43.8 Å². The van der Waals surface area contributed by atoms with E-state index >= 15 is 0 Å². The van der Waals surface area contributed by atoms with Crippen LogP contribution >= 0.6 is 22.9 Å². The second-order valence-corrected chi connectivity index (χ2v) is 16.3. The fourth-order valence-corrected chi connectivity index (χ4v) is 8.48. The van der Waals surface area contributed by atoms with Crippen LogP contribution in [-0.4, -0.2) is 80.7 Å². The van der Waals surface area contributed by atoms with Crippen molar-refractivity contribution in [2.24, 2.45) is 10.7 Å². The van der Waals surface area contributed by atoms with Crippen LogP contribution in [0.25, 0.3) is 0 Å². The summed E-state index contributed by atoms with van der Waals surface area (Å²) < 4.78 is 0. The van der Waals surface area contributed by atoms with E-state index in [9.17, 15) is 14.4 Å². The molecule has 0 radical (unpaired) electrons. The summed E-state index contributed by atoms with van der Waals surface area (Å²) in [5, 5.41) is 22.8. The summed E-state index contributed by atoms with van der Waals surface area (Å²) in [4.78, 5) is 55.9. The van der Waals surface area contributed by atoms with Crippen LogP contribution in [0.5, 0.6) is 0 Å². The van der Waals surface area contributed by atoms with Gasteiger partial charge in [-0.1, -0.05) is 61.5 Å². The lowest BCUT2D eigenvalue weighted by Crippen LogP contribution is -2.52. The van der Waals surface area contributed by atoms with Gasteiger partial charge in [-0.3, -0.25) is 24.8 Å². The summed E-state index contributed by atoms with van der Waals surface area (Å²) in [7, 11) is 0. The third kappa shape index (κ3) is 12.4. The van der Waals surface area contributed by atoms with Crippen molar-refractivity contribution in [3.8, 4) is 0 Å². The largest absolute Gasteiger partial charge is 0.376 e. The van der Waals surface area contributed by atoms with Gasteiger partial charge in [0.15, 0.2) is 0 Å². The Balaban J connectivity index is 0.995. The van der Waals surface area contributed by atoms with Crippen LogP contribution in [0.1, 0.15) is 102 Å². The quantitative estimate of drug-likeness (QED) is 0.0262. The van der Waals surface area contributed by atoms with E-state index in [4.69, 9.17) is 37.5 Å². The lowest BCUT2D eigenvalue weighted by Gasteiger charge is -2.31. The Kier molecular flexibility index (Phi) is 17.0. The molecule has 0 saturated carbocycles. The minimum Gasteiger partial charge on any atom is -0.376 e. The molecule has 2 amide bonds. The van der Waals surface area contributed by atoms with Crippen LogP contribution in [0, 0.1) is 19.3 Å². The number of benzene rings is 2. The maximum absolute atomic E-state index is 13.2. The van der Waals surface area contributed by atoms with Crippen LogP contribution in [0.15, 0.2) is 47.5 Å². The number of halogens is 1. The van der Waals surface area contributed by atoms with E-state index in [2.05, 4.69) is 35.1 Å². The molecule has 2 unspecified atom stereocenters. The van der Waals surface area contributed by atoms with E-state index in [1.807, 2.05) is 35.2 Å². The highest BCUT2D eigenvalue weighted by molar-refractivity contribution is 7.17. The highest BCUT2D eigenvalue weighted by atomic mass is 35.5. The average Bonchev–Trinajstić information content (AvgIpc) is 3.35. The van der Waals surface area contributed by atoms with Crippen LogP contribution in [0.2, 0.25) is 5.02 Å². The Morgan fingerprint density at radius 1 is 1.02 bits per heavy atom. The number of amidine groups is 1. The Morgan fingerprint density at radius 2 is 1.72 bits per heavy atom. The Morgan fingerprint density at radius 3 is 2.42 bits per heavy atom. The van der Waals surface area contributed by atoms with Gasteiger partial charge in [-0.15, -0.1) is 11.3 Å². The van der Waals surface area contributed by atoms with E-state index in [0.29, 0.717) is 49.3 Å². The Bertz CT molecular complexity index is 1860. The van der Waals surface area contributed by atoms with Gasteiger partial charge in [0.25, 0.3) is 0 Å². The number of hydrogen-bond donors (Lipinski definition) is 6. The summed E-state index contributed by atoms with van der Waals surface area (Å²) >= 11 is 7.80. The van der Waals surface area contributed by atoms with E-state index < -0.39 is 12.2 Å². The SMILES string of the molecule is CC(=N)N1c2sc(C)c(C)c2C(c2ccc(Cl)cc2)=N[C@@H](CC(=O)NCCCCCCCCNC(=O)CNc2cccc(C=O)c2CNC2CCCOOC2)C1N. The predicted molar refractivity (Wildman–Crippen MR) is 229 cm³/mol. The van der Waals surface area contributed by atoms with Gasteiger partial charge in [0, 0.05) is 58.0 Å². The zero-order valence-corrected chi connectivity index (χ0v) is 34.8. The van der Waals surface area contributed by atoms with Crippen molar-refractivity contribution in [1.82, 2.24) is 16.0 Å². The fourth-order valence-electron chi connectivity index (χ4n) is 7.10. The van der Waals surface area contributed by atoms with Gasteiger partial charge in [0.1, 0.15) is 17.5 Å². The average molecular weight is 821 g/mol. The molecule has 0 bridgehead atoms. The van der Waals surface area contributed by atoms with E-state index in [-0.39, 0.29) is 30.8 Å². The molecule has 3 aromatic rings. The first-order valence-electron chi connectivity index (χ1n) is 19.9. The first-order valence-corrected chi connectivity index (χ1v) is 21.1. The number of thiophene rings is 1. The minimum absolute atomic E-state index is 0.103. The highest BCUT2D eigenvalue weighted by Gasteiger charge is 2.36. The lowest BCUT2D eigenvalue weighted by molar-refractivity contribution is -0.289. The molecule has 3 heterocycles. The van der Waals surface area contributed by atoms with Crippen molar-refractivity contribution in [2.75, 3.05) is 43.1 Å². The zero-order valence-electron chi connectivity index (χ0n) is 33.3. The Hall–Kier alpha value is -4.18. The van der Waals surface area contributed by atoms with Crippen molar-refractivity contribution in [2.45, 2.75) is 103 Å². The number of anilines is 2. The van der Waals surface area contributed by atoms with E-state index in [0.717, 1.165) is 101 Å². The highest BCUT2D eigenvalue weighted by Crippen LogP contribution is 2.40. The van der Waals surface area contributed by atoms with Crippen molar-refractivity contribution >= 4 is 63.3 Å². The minimum atomic E-state index is -0.681. The molecule has 2 aromatic carbocycles. The van der Waals surface area contributed by atoms with Crippen LogP contribution in [0.4, 0.5) is 10.7 Å².